The Morgan fingerprint density at radius 1 is 1.02 bits per heavy atom. The van der Waals surface area contributed by atoms with Gasteiger partial charge in [-0.1, -0.05) is 6.07 Å². The Balaban J connectivity index is 1.31. The number of phenolic OH excluding ortho intramolecular Hbond substituents is 3. The highest BCUT2D eigenvalue weighted by molar-refractivity contribution is 7.99. The molecule has 3 aromatic rings. The van der Waals surface area contributed by atoms with Gasteiger partial charge < -0.3 is 39.0 Å². The molecular weight excluding hydrogens is 689 g/mol. The van der Waals surface area contributed by atoms with Gasteiger partial charge in [0.25, 0.3) is 0 Å². The van der Waals surface area contributed by atoms with Gasteiger partial charge in [0.05, 0.1) is 37.6 Å². The lowest BCUT2D eigenvalue weighted by atomic mass is 9.71. The summed E-state index contributed by atoms with van der Waals surface area (Å²) in [6.45, 7) is 3.98. The second-order valence-corrected chi connectivity index (χ2v) is 15.6. The summed E-state index contributed by atoms with van der Waals surface area (Å²) >= 11 is 1.48. The predicted octanol–water partition coefficient (Wildman–Crippen LogP) is 3.77. The SMILES string of the molecule is COc1cc2c(cc1O)CCN[C@]21CS[C@@H]2c3c(O)c(C)c4c(c3[C@H](COC1=O)N1C2[C@H]2c3c(cc(C)c(OC)c3O)C[C@@H]([C@@H]1C#N)N2C)OCO4. The van der Waals surface area contributed by atoms with E-state index < -0.39 is 40.9 Å². The lowest BCUT2D eigenvalue weighted by molar-refractivity contribution is -0.157. The average Bonchev–Trinajstić information content (AvgIpc) is 3.62. The zero-order valence-corrected chi connectivity index (χ0v) is 30.3. The van der Waals surface area contributed by atoms with E-state index in [1.807, 2.05) is 20.0 Å². The molecule has 4 bridgehead atoms. The number of thioether (sulfide) groups is 1. The number of aryl methyl sites for hydroxylation is 1. The van der Waals surface area contributed by atoms with E-state index in [0.717, 1.165) is 22.3 Å². The number of ether oxygens (including phenoxy) is 5. The zero-order chi connectivity index (χ0) is 36.4. The molecule has 7 aliphatic rings. The fraction of sp³-hybridized carbons (Fsp3) is 0.474. The number of methoxy groups -OCH3 is 2. The van der Waals surface area contributed by atoms with Crippen LogP contribution in [0.3, 0.4) is 0 Å². The van der Waals surface area contributed by atoms with Gasteiger partial charge in [-0.25, -0.2) is 4.79 Å². The summed E-state index contributed by atoms with van der Waals surface area (Å²) < 4.78 is 29.7. The van der Waals surface area contributed by atoms with Crippen molar-refractivity contribution in [1.29, 1.82) is 5.26 Å². The van der Waals surface area contributed by atoms with Crippen molar-refractivity contribution in [1.82, 2.24) is 15.1 Å². The van der Waals surface area contributed by atoms with Crippen molar-refractivity contribution < 1.29 is 43.8 Å². The molecule has 0 radical (unpaired) electrons. The first-order valence-electron chi connectivity index (χ1n) is 17.4. The number of carbonyl (C=O) groups is 1. The van der Waals surface area contributed by atoms with Crippen LogP contribution >= 0.6 is 11.8 Å². The van der Waals surface area contributed by atoms with Crippen molar-refractivity contribution in [3.63, 3.8) is 0 Å². The number of benzene rings is 3. The third kappa shape index (κ3) is 4.24. The second-order valence-electron chi connectivity index (χ2n) is 14.5. The summed E-state index contributed by atoms with van der Waals surface area (Å²) in [5, 5.41) is 48.8. The van der Waals surface area contributed by atoms with Crippen LogP contribution < -0.4 is 24.3 Å². The maximum absolute atomic E-state index is 14.6. The topological polar surface area (TPSA) is 166 Å². The number of hydrogen-bond acceptors (Lipinski definition) is 14. The maximum atomic E-state index is 14.6. The number of rotatable bonds is 2. The molecule has 10 rings (SSSR count). The fourth-order valence-electron chi connectivity index (χ4n) is 9.92. The second kappa shape index (κ2) is 11.7. The summed E-state index contributed by atoms with van der Waals surface area (Å²) in [5.74, 6) is 1.34. The van der Waals surface area contributed by atoms with E-state index in [9.17, 15) is 25.4 Å². The molecule has 2 fully saturated rings. The average molecular weight is 729 g/mol. The number of aromatic hydroxyl groups is 3. The standard InChI is InChI=1S/C38H40N4O9S/c1-16-8-19-9-21-22(12-39)42-23-13-49-37(46)38(20-11-25(47-4)24(43)10-18(20)6-7-40-38)14-52-36(28-27(23)35-34(50-15-51-35)17(2)31(28)44)30(42)29(41(21)3)26(19)32(45)33(16)48-5/h8,10-11,21-23,29-30,36,40,43-45H,6-7,9,13-15H2,1-5H3/t21-,22-,23-,29+,30?,36+,38+/m0/s1. The third-order valence-electron chi connectivity index (χ3n) is 12.2. The van der Waals surface area contributed by atoms with Crippen LogP contribution in [0.5, 0.6) is 40.2 Å². The maximum Gasteiger partial charge on any atom is 0.331 e. The molecule has 0 aliphatic carbocycles. The smallest absolute Gasteiger partial charge is 0.331 e. The lowest BCUT2D eigenvalue weighted by Crippen LogP contribution is -2.69. The molecular formula is C38H40N4O9S. The van der Waals surface area contributed by atoms with Crippen LogP contribution in [0.25, 0.3) is 0 Å². The third-order valence-corrected chi connectivity index (χ3v) is 13.7. The Kier molecular flexibility index (Phi) is 7.51. The molecule has 3 aromatic carbocycles. The number of phenols is 3. The van der Waals surface area contributed by atoms with Gasteiger partial charge in [-0.15, -0.1) is 11.8 Å². The van der Waals surface area contributed by atoms with E-state index in [1.165, 1.54) is 18.9 Å². The summed E-state index contributed by atoms with van der Waals surface area (Å²) in [6.07, 6.45) is 1.09. The normalized spacial score (nSPS) is 30.0. The first kappa shape index (κ1) is 33.3. The van der Waals surface area contributed by atoms with Crippen LogP contribution in [-0.4, -0.2) is 96.2 Å². The number of nitrogens with one attached hydrogen (secondary N) is 1. The molecule has 14 heteroatoms. The number of fused-ring (bicyclic) bond motifs is 9. The zero-order valence-electron chi connectivity index (χ0n) is 29.5. The molecule has 0 aromatic heterocycles. The largest absolute Gasteiger partial charge is 0.507 e. The van der Waals surface area contributed by atoms with Gasteiger partial charge in [-0.3, -0.25) is 15.1 Å². The van der Waals surface area contributed by atoms with Crippen molar-refractivity contribution >= 4 is 17.7 Å². The fourth-order valence-corrected chi connectivity index (χ4v) is 11.6. The van der Waals surface area contributed by atoms with E-state index in [2.05, 4.69) is 21.2 Å². The molecule has 7 heterocycles. The van der Waals surface area contributed by atoms with Gasteiger partial charge in [0.1, 0.15) is 18.4 Å². The van der Waals surface area contributed by atoms with Crippen LogP contribution in [0, 0.1) is 25.2 Å². The predicted molar refractivity (Wildman–Crippen MR) is 188 cm³/mol. The Morgan fingerprint density at radius 3 is 2.56 bits per heavy atom. The monoisotopic (exact) mass is 728 g/mol. The van der Waals surface area contributed by atoms with Gasteiger partial charge >= 0.3 is 5.97 Å². The summed E-state index contributed by atoms with van der Waals surface area (Å²) in [6, 6.07) is 5.46. The van der Waals surface area contributed by atoms with Crippen molar-refractivity contribution in [3.05, 3.63) is 62.7 Å². The van der Waals surface area contributed by atoms with Crippen molar-refractivity contribution in [2.75, 3.05) is 47.0 Å². The van der Waals surface area contributed by atoms with Gasteiger partial charge in [0.15, 0.2) is 40.0 Å². The Hall–Kier alpha value is -4.55. The van der Waals surface area contributed by atoms with E-state index in [0.29, 0.717) is 58.9 Å². The number of nitrogens with zero attached hydrogens (tertiary/aromatic N) is 3. The van der Waals surface area contributed by atoms with Crippen LogP contribution in [0.4, 0.5) is 0 Å². The number of carbonyl (C=O) groups excluding carboxylic acids is 1. The molecule has 1 unspecified atom stereocenters. The van der Waals surface area contributed by atoms with Crippen molar-refractivity contribution in [2.24, 2.45) is 0 Å². The quantitative estimate of drug-likeness (QED) is 0.282. The molecule has 52 heavy (non-hydrogen) atoms. The molecule has 2 saturated heterocycles. The minimum atomic E-state index is -1.33. The van der Waals surface area contributed by atoms with Gasteiger partial charge in [0.2, 0.25) is 6.79 Å². The highest BCUT2D eigenvalue weighted by Crippen LogP contribution is 2.64. The molecule has 7 aliphatic heterocycles. The first-order chi connectivity index (χ1) is 25.1. The number of esters is 1. The highest BCUT2D eigenvalue weighted by atomic mass is 32.2. The summed E-state index contributed by atoms with van der Waals surface area (Å²) in [7, 11) is 5.01. The summed E-state index contributed by atoms with van der Waals surface area (Å²) in [4.78, 5) is 19.0. The van der Waals surface area contributed by atoms with Crippen LogP contribution in [0.1, 0.15) is 61.8 Å². The number of hydrogen-bond donors (Lipinski definition) is 4. The molecule has 7 atom stereocenters. The molecule has 13 nitrogen and oxygen atoms in total. The van der Waals surface area contributed by atoms with Crippen LogP contribution in [0.2, 0.25) is 0 Å². The van der Waals surface area contributed by atoms with Crippen molar-refractivity contribution in [2.45, 2.75) is 67.7 Å². The van der Waals surface area contributed by atoms with Gasteiger partial charge in [0, 0.05) is 46.6 Å². The van der Waals surface area contributed by atoms with Gasteiger partial charge in [-0.05, 0) is 68.1 Å². The Labute approximate surface area is 305 Å². The lowest BCUT2D eigenvalue weighted by Gasteiger charge is -2.62. The van der Waals surface area contributed by atoms with Crippen LogP contribution in [-0.2, 0) is 27.9 Å². The number of nitriles is 1. The minimum Gasteiger partial charge on any atom is -0.507 e. The number of likely N-dealkylation sites (N-methyl/N-ethyl adjacent to an activating group) is 1. The highest BCUT2D eigenvalue weighted by Gasteiger charge is 2.61. The molecule has 272 valence electrons. The summed E-state index contributed by atoms with van der Waals surface area (Å²) in [5.41, 5.74) is 4.43. The number of piperazine rings is 1. The molecule has 0 amide bonds. The van der Waals surface area contributed by atoms with E-state index in [1.54, 1.807) is 26.2 Å². The molecule has 0 saturated carbocycles. The Morgan fingerprint density at radius 2 is 1.81 bits per heavy atom. The minimum absolute atomic E-state index is 0.0111. The van der Waals surface area contributed by atoms with E-state index in [4.69, 9.17) is 23.7 Å². The Bertz CT molecular complexity index is 2100. The van der Waals surface area contributed by atoms with E-state index >= 15 is 0 Å². The molecule has 1 spiro atoms. The first-order valence-corrected chi connectivity index (χ1v) is 18.5. The van der Waals surface area contributed by atoms with Crippen molar-refractivity contribution in [3.8, 4) is 46.3 Å². The molecule has 4 N–H and O–H groups in total. The van der Waals surface area contributed by atoms with E-state index in [-0.39, 0.29) is 48.2 Å². The van der Waals surface area contributed by atoms with Gasteiger partial charge in [-0.2, -0.15) is 5.26 Å². The van der Waals surface area contributed by atoms with Crippen LogP contribution in [0.15, 0.2) is 18.2 Å².